The third-order valence-corrected chi connectivity index (χ3v) is 4.67. The van der Waals surface area contributed by atoms with Crippen molar-refractivity contribution in [1.82, 2.24) is 9.80 Å². The minimum atomic E-state index is 1.04. The van der Waals surface area contributed by atoms with Crippen LogP contribution in [0.2, 0.25) is 0 Å². The topological polar surface area (TPSA) is 19.6 Å². The molecule has 1 aromatic heterocycles. The van der Waals surface area contributed by atoms with Crippen molar-refractivity contribution in [2.75, 3.05) is 39.8 Å². The monoisotopic (exact) mass is 286 g/mol. The van der Waals surface area contributed by atoms with E-state index in [1.54, 1.807) is 0 Å². The predicted octanol–water partition coefficient (Wildman–Crippen LogP) is 3.23. The zero-order valence-corrected chi connectivity index (χ0v) is 13.5. The Balaban J connectivity index is 1.59. The van der Waals surface area contributed by atoms with Gasteiger partial charge in [0.15, 0.2) is 0 Å². The first-order chi connectivity index (χ1) is 10.1. The summed E-state index contributed by atoms with van der Waals surface area (Å²) in [5.41, 5.74) is 3.63. The molecule has 3 nitrogen and oxygen atoms in total. The summed E-state index contributed by atoms with van der Waals surface area (Å²) in [7, 11) is 2.21. The molecular formula is C18H26N2O. The number of aryl methyl sites for hydroxylation is 3. The molecule has 2 aromatic rings. The molecule has 1 aliphatic heterocycles. The van der Waals surface area contributed by atoms with Crippen molar-refractivity contribution in [2.24, 2.45) is 0 Å². The summed E-state index contributed by atoms with van der Waals surface area (Å²) in [6.45, 7) is 10.3. The molecule has 3 heteroatoms. The van der Waals surface area contributed by atoms with E-state index in [1.807, 2.05) is 0 Å². The molecule has 0 N–H and O–H groups in total. The average molecular weight is 286 g/mol. The quantitative estimate of drug-likeness (QED) is 0.860. The van der Waals surface area contributed by atoms with Crippen LogP contribution in [0.1, 0.15) is 23.3 Å². The van der Waals surface area contributed by atoms with Gasteiger partial charge < -0.3 is 14.2 Å². The normalized spacial score (nSPS) is 17.7. The standard InChI is InChI=1S/C18H26N2O/c1-14-6-7-16-15(2)17(21-18(16)13-14)5-4-8-20-11-9-19(3)10-12-20/h6-7,13H,4-5,8-12H2,1-3H3. The lowest BCUT2D eigenvalue weighted by atomic mass is 10.1. The van der Waals surface area contributed by atoms with E-state index in [0.29, 0.717) is 0 Å². The summed E-state index contributed by atoms with van der Waals surface area (Å²) in [6.07, 6.45) is 2.23. The smallest absolute Gasteiger partial charge is 0.134 e. The van der Waals surface area contributed by atoms with Crippen molar-refractivity contribution in [3.63, 3.8) is 0 Å². The number of benzene rings is 1. The number of rotatable bonds is 4. The summed E-state index contributed by atoms with van der Waals surface area (Å²) >= 11 is 0. The van der Waals surface area contributed by atoms with Crippen molar-refractivity contribution >= 4 is 11.0 Å². The van der Waals surface area contributed by atoms with Crippen LogP contribution in [0.3, 0.4) is 0 Å². The zero-order valence-electron chi connectivity index (χ0n) is 13.5. The predicted molar refractivity (Wildman–Crippen MR) is 87.9 cm³/mol. The zero-order chi connectivity index (χ0) is 14.8. The van der Waals surface area contributed by atoms with Gasteiger partial charge >= 0.3 is 0 Å². The Morgan fingerprint density at radius 2 is 1.86 bits per heavy atom. The van der Waals surface area contributed by atoms with E-state index in [-0.39, 0.29) is 0 Å². The minimum Gasteiger partial charge on any atom is -0.461 e. The van der Waals surface area contributed by atoms with Gasteiger partial charge in [0, 0.05) is 38.0 Å². The number of likely N-dealkylation sites (N-methyl/N-ethyl adjacent to an activating group) is 1. The molecule has 114 valence electrons. The second-order valence-corrected chi connectivity index (χ2v) is 6.40. The Hall–Kier alpha value is -1.32. The fourth-order valence-electron chi connectivity index (χ4n) is 3.16. The highest BCUT2D eigenvalue weighted by Gasteiger charge is 2.14. The second-order valence-electron chi connectivity index (χ2n) is 6.40. The van der Waals surface area contributed by atoms with E-state index in [2.05, 4.69) is 48.9 Å². The Bertz CT molecular complexity index is 609. The highest BCUT2D eigenvalue weighted by atomic mass is 16.3. The third kappa shape index (κ3) is 3.30. The molecule has 0 bridgehead atoms. The minimum absolute atomic E-state index is 1.04. The molecule has 0 aliphatic carbocycles. The summed E-state index contributed by atoms with van der Waals surface area (Å²) in [4.78, 5) is 4.98. The SMILES string of the molecule is Cc1ccc2c(C)c(CCCN3CCN(C)CC3)oc2c1. The number of piperazine rings is 1. The lowest BCUT2D eigenvalue weighted by Crippen LogP contribution is -2.44. The van der Waals surface area contributed by atoms with E-state index in [0.717, 1.165) is 12.0 Å². The van der Waals surface area contributed by atoms with Crippen molar-refractivity contribution in [3.05, 3.63) is 35.1 Å². The first-order valence-electron chi connectivity index (χ1n) is 8.03. The molecule has 0 amide bonds. The molecule has 21 heavy (non-hydrogen) atoms. The summed E-state index contributed by atoms with van der Waals surface area (Å²) < 4.78 is 6.06. The van der Waals surface area contributed by atoms with Gasteiger partial charge in [-0.1, -0.05) is 12.1 Å². The van der Waals surface area contributed by atoms with Crippen molar-refractivity contribution in [1.29, 1.82) is 0 Å². The average Bonchev–Trinajstić information content (AvgIpc) is 2.77. The number of hydrogen-bond acceptors (Lipinski definition) is 3. The fourth-order valence-corrected chi connectivity index (χ4v) is 3.16. The van der Waals surface area contributed by atoms with Crippen LogP contribution in [0.5, 0.6) is 0 Å². The molecule has 1 saturated heterocycles. The van der Waals surface area contributed by atoms with Crippen molar-refractivity contribution in [2.45, 2.75) is 26.7 Å². The summed E-state index contributed by atoms with van der Waals surface area (Å²) in [5, 5.41) is 1.27. The van der Waals surface area contributed by atoms with Gasteiger partial charge in [0.1, 0.15) is 11.3 Å². The molecule has 0 saturated carbocycles. The molecule has 0 radical (unpaired) electrons. The lowest BCUT2D eigenvalue weighted by molar-refractivity contribution is 0.152. The molecule has 2 heterocycles. The van der Waals surface area contributed by atoms with Crippen LogP contribution in [0, 0.1) is 13.8 Å². The highest BCUT2D eigenvalue weighted by Crippen LogP contribution is 2.27. The van der Waals surface area contributed by atoms with E-state index in [1.165, 1.54) is 61.4 Å². The van der Waals surface area contributed by atoms with Crippen LogP contribution in [0.4, 0.5) is 0 Å². The van der Waals surface area contributed by atoms with Gasteiger partial charge in [-0.05, 0) is 51.1 Å². The molecular weight excluding hydrogens is 260 g/mol. The van der Waals surface area contributed by atoms with Gasteiger partial charge in [0.05, 0.1) is 0 Å². The van der Waals surface area contributed by atoms with Gasteiger partial charge in [-0.3, -0.25) is 0 Å². The lowest BCUT2D eigenvalue weighted by Gasteiger charge is -2.32. The van der Waals surface area contributed by atoms with Crippen LogP contribution in [-0.2, 0) is 6.42 Å². The molecule has 0 unspecified atom stereocenters. The molecule has 0 atom stereocenters. The Kier molecular flexibility index (Phi) is 4.32. The molecule has 1 fully saturated rings. The van der Waals surface area contributed by atoms with E-state index < -0.39 is 0 Å². The number of fused-ring (bicyclic) bond motifs is 1. The highest BCUT2D eigenvalue weighted by molar-refractivity contribution is 5.82. The Labute approximate surface area is 127 Å². The maximum absolute atomic E-state index is 6.06. The van der Waals surface area contributed by atoms with Gasteiger partial charge in [0.2, 0.25) is 0 Å². The van der Waals surface area contributed by atoms with Gasteiger partial charge in [0.25, 0.3) is 0 Å². The van der Waals surface area contributed by atoms with Gasteiger partial charge in [-0.25, -0.2) is 0 Å². The third-order valence-electron chi connectivity index (χ3n) is 4.67. The second kappa shape index (κ2) is 6.20. The van der Waals surface area contributed by atoms with Crippen LogP contribution in [-0.4, -0.2) is 49.6 Å². The van der Waals surface area contributed by atoms with Crippen molar-refractivity contribution < 1.29 is 4.42 Å². The van der Waals surface area contributed by atoms with Crippen molar-refractivity contribution in [3.8, 4) is 0 Å². The molecule has 1 aliphatic rings. The Morgan fingerprint density at radius 1 is 1.10 bits per heavy atom. The van der Waals surface area contributed by atoms with E-state index in [4.69, 9.17) is 4.42 Å². The number of nitrogens with zero attached hydrogens (tertiary/aromatic N) is 2. The molecule has 1 aromatic carbocycles. The summed E-state index contributed by atoms with van der Waals surface area (Å²) in [6, 6.07) is 6.50. The largest absolute Gasteiger partial charge is 0.461 e. The first-order valence-corrected chi connectivity index (χ1v) is 8.03. The molecule has 3 rings (SSSR count). The fraction of sp³-hybridized carbons (Fsp3) is 0.556. The molecule has 0 spiro atoms. The van der Waals surface area contributed by atoms with Crippen LogP contribution >= 0.6 is 0 Å². The van der Waals surface area contributed by atoms with Crippen LogP contribution < -0.4 is 0 Å². The number of furan rings is 1. The van der Waals surface area contributed by atoms with E-state index >= 15 is 0 Å². The van der Waals surface area contributed by atoms with E-state index in [9.17, 15) is 0 Å². The maximum atomic E-state index is 6.06. The van der Waals surface area contributed by atoms with Gasteiger partial charge in [-0.15, -0.1) is 0 Å². The van der Waals surface area contributed by atoms with Crippen LogP contribution in [0.25, 0.3) is 11.0 Å². The maximum Gasteiger partial charge on any atom is 0.134 e. The van der Waals surface area contributed by atoms with Crippen LogP contribution in [0.15, 0.2) is 22.6 Å². The first kappa shape index (κ1) is 14.6. The summed E-state index contributed by atoms with van der Waals surface area (Å²) in [5.74, 6) is 1.17. The van der Waals surface area contributed by atoms with Gasteiger partial charge in [-0.2, -0.15) is 0 Å². The number of hydrogen-bond donors (Lipinski definition) is 0. The Morgan fingerprint density at radius 3 is 2.62 bits per heavy atom.